The SMILES string of the molecule is CCSCC(=O)C1CCC(C)C(C)C1. The van der Waals surface area contributed by atoms with E-state index < -0.39 is 0 Å². The minimum absolute atomic E-state index is 0.375. The van der Waals surface area contributed by atoms with Crippen LogP contribution in [0.1, 0.15) is 40.0 Å². The van der Waals surface area contributed by atoms with E-state index in [0.29, 0.717) is 11.7 Å². The lowest BCUT2D eigenvalue weighted by atomic mass is 9.74. The van der Waals surface area contributed by atoms with Crippen LogP contribution in [0.15, 0.2) is 0 Å². The molecule has 0 aromatic heterocycles. The lowest BCUT2D eigenvalue weighted by Gasteiger charge is -2.31. The normalized spacial score (nSPS) is 32.9. The number of Topliss-reactive ketones (excluding diaryl/α,β-unsaturated/α-hetero) is 1. The number of carbonyl (C=O) groups excluding carboxylic acids is 1. The van der Waals surface area contributed by atoms with Gasteiger partial charge in [-0.15, -0.1) is 0 Å². The van der Waals surface area contributed by atoms with Crippen molar-refractivity contribution in [3.63, 3.8) is 0 Å². The highest BCUT2D eigenvalue weighted by Gasteiger charge is 2.28. The summed E-state index contributed by atoms with van der Waals surface area (Å²) in [6.07, 6.45) is 3.51. The maximum Gasteiger partial charge on any atom is 0.145 e. The maximum atomic E-state index is 11.8. The van der Waals surface area contributed by atoms with Crippen molar-refractivity contribution in [2.45, 2.75) is 40.0 Å². The van der Waals surface area contributed by atoms with Crippen molar-refractivity contribution in [2.24, 2.45) is 17.8 Å². The Morgan fingerprint density at radius 3 is 2.57 bits per heavy atom. The van der Waals surface area contributed by atoms with Crippen LogP contribution in [0.4, 0.5) is 0 Å². The van der Waals surface area contributed by atoms with Gasteiger partial charge in [-0.3, -0.25) is 4.79 Å². The molecule has 3 atom stereocenters. The standard InChI is InChI=1S/C12H22OS/c1-4-14-8-12(13)11-6-5-9(2)10(3)7-11/h9-11H,4-8H2,1-3H3. The number of hydrogen-bond donors (Lipinski definition) is 0. The predicted molar refractivity (Wildman–Crippen MR) is 63.7 cm³/mol. The lowest BCUT2D eigenvalue weighted by Crippen LogP contribution is -2.27. The van der Waals surface area contributed by atoms with Gasteiger partial charge in [0.2, 0.25) is 0 Å². The molecule has 14 heavy (non-hydrogen) atoms. The topological polar surface area (TPSA) is 17.1 Å². The molecule has 82 valence electrons. The van der Waals surface area contributed by atoms with Crippen LogP contribution in [-0.4, -0.2) is 17.3 Å². The van der Waals surface area contributed by atoms with Crippen molar-refractivity contribution in [2.75, 3.05) is 11.5 Å². The smallest absolute Gasteiger partial charge is 0.145 e. The Bertz CT molecular complexity index is 191. The second-order valence-corrected chi connectivity index (χ2v) is 5.84. The van der Waals surface area contributed by atoms with Crippen molar-refractivity contribution in [3.8, 4) is 0 Å². The fraction of sp³-hybridized carbons (Fsp3) is 0.917. The van der Waals surface area contributed by atoms with Gasteiger partial charge in [0.15, 0.2) is 0 Å². The van der Waals surface area contributed by atoms with Crippen LogP contribution >= 0.6 is 11.8 Å². The largest absolute Gasteiger partial charge is 0.298 e. The van der Waals surface area contributed by atoms with Crippen LogP contribution in [0.2, 0.25) is 0 Å². The second kappa shape index (κ2) is 5.79. The van der Waals surface area contributed by atoms with Crippen molar-refractivity contribution in [1.29, 1.82) is 0 Å². The minimum atomic E-state index is 0.375. The van der Waals surface area contributed by atoms with Crippen molar-refractivity contribution in [1.82, 2.24) is 0 Å². The number of hydrogen-bond acceptors (Lipinski definition) is 2. The van der Waals surface area contributed by atoms with Gasteiger partial charge in [0.05, 0.1) is 5.75 Å². The molecule has 0 aliphatic heterocycles. The molecule has 0 N–H and O–H groups in total. The molecule has 0 aromatic rings. The van der Waals surface area contributed by atoms with Crippen LogP contribution in [0.25, 0.3) is 0 Å². The summed E-state index contributed by atoms with van der Waals surface area (Å²) in [5.74, 6) is 4.23. The van der Waals surface area contributed by atoms with E-state index in [2.05, 4.69) is 20.8 Å². The summed E-state index contributed by atoms with van der Waals surface area (Å²) in [6.45, 7) is 6.72. The highest BCUT2D eigenvalue weighted by Crippen LogP contribution is 2.34. The van der Waals surface area contributed by atoms with E-state index in [4.69, 9.17) is 0 Å². The van der Waals surface area contributed by atoms with Gasteiger partial charge in [-0.25, -0.2) is 0 Å². The summed E-state index contributed by atoms with van der Waals surface area (Å²) < 4.78 is 0. The van der Waals surface area contributed by atoms with E-state index in [1.807, 2.05) is 0 Å². The van der Waals surface area contributed by atoms with Gasteiger partial charge in [0.25, 0.3) is 0 Å². The molecule has 1 nitrogen and oxygen atoms in total. The molecule has 1 saturated carbocycles. The third-order valence-electron chi connectivity index (χ3n) is 3.50. The summed E-state index contributed by atoms with van der Waals surface area (Å²) in [5, 5.41) is 0. The number of carbonyl (C=O) groups is 1. The fourth-order valence-corrected chi connectivity index (χ4v) is 2.80. The molecular weight excluding hydrogens is 192 g/mol. The molecule has 0 radical (unpaired) electrons. The first kappa shape index (κ1) is 12.1. The Hall–Kier alpha value is 0.0200. The third-order valence-corrected chi connectivity index (χ3v) is 4.40. The average Bonchev–Trinajstić information content (AvgIpc) is 2.18. The van der Waals surface area contributed by atoms with Gasteiger partial charge in [-0.05, 0) is 36.9 Å². The van der Waals surface area contributed by atoms with Gasteiger partial charge >= 0.3 is 0 Å². The monoisotopic (exact) mass is 214 g/mol. The molecule has 2 heteroatoms. The Morgan fingerprint density at radius 2 is 2.00 bits per heavy atom. The highest BCUT2D eigenvalue weighted by molar-refractivity contribution is 7.99. The summed E-state index contributed by atoms with van der Waals surface area (Å²) in [6, 6.07) is 0. The molecule has 1 fully saturated rings. The molecule has 0 aromatic carbocycles. The van der Waals surface area contributed by atoms with Crippen molar-refractivity contribution in [3.05, 3.63) is 0 Å². The number of ketones is 1. The molecular formula is C12H22OS. The summed E-state index contributed by atoms with van der Waals surface area (Å²) in [5.41, 5.74) is 0. The lowest BCUT2D eigenvalue weighted by molar-refractivity contribution is -0.122. The minimum Gasteiger partial charge on any atom is -0.298 e. The highest BCUT2D eigenvalue weighted by atomic mass is 32.2. The quantitative estimate of drug-likeness (QED) is 0.713. The third kappa shape index (κ3) is 3.30. The van der Waals surface area contributed by atoms with Gasteiger partial charge < -0.3 is 0 Å². The molecule has 0 amide bonds. The van der Waals surface area contributed by atoms with E-state index in [1.54, 1.807) is 11.8 Å². The Kier molecular flexibility index (Phi) is 5.00. The summed E-state index contributed by atoms with van der Waals surface area (Å²) in [7, 11) is 0. The molecule has 1 aliphatic carbocycles. The number of thioether (sulfide) groups is 1. The Labute approximate surface area is 92.0 Å². The van der Waals surface area contributed by atoms with Crippen LogP contribution in [0.3, 0.4) is 0 Å². The fourth-order valence-electron chi connectivity index (χ4n) is 2.16. The van der Waals surface area contributed by atoms with E-state index in [1.165, 1.54) is 6.42 Å². The zero-order valence-electron chi connectivity index (χ0n) is 9.58. The first-order valence-corrected chi connectivity index (χ1v) is 6.91. The van der Waals surface area contributed by atoms with Crippen LogP contribution in [0, 0.1) is 17.8 Å². The summed E-state index contributed by atoms with van der Waals surface area (Å²) >= 11 is 1.76. The molecule has 1 aliphatic rings. The number of rotatable bonds is 4. The van der Waals surface area contributed by atoms with E-state index in [0.717, 1.165) is 36.2 Å². The molecule has 0 spiro atoms. The van der Waals surface area contributed by atoms with Gasteiger partial charge in [-0.1, -0.05) is 20.8 Å². The molecule has 0 saturated heterocycles. The van der Waals surface area contributed by atoms with Crippen molar-refractivity contribution < 1.29 is 4.79 Å². The van der Waals surface area contributed by atoms with Gasteiger partial charge in [0.1, 0.15) is 5.78 Å². The van der Waals surface area contributed by atoms with Crippen LogP contribution in [0.5, 0.6) is 0 Å². The van der Waals surface area contributed by atoms with E-state index in [-0.39, 0.29) is 0 Å². The zero-order chi connectivity index (χ0) is 10.6. The molecule has 0 bridgehead atoms. The Balaban J connectivity index is 2.34. The van der Waals surface area contributed by atoms with Crippen molar-refractivity contribution >= 4 is 17.5 Å². The molecule has 3 unspecified atom stereocenters. The van der Waals surface area contributed by atoms with E-state index in [9.17, 15) is 4.79 Å². The first-order valence-electron chi connectivity index (χ1n) is 5.75. The van der Waals surface area contributed by atoms with E-state index >= 15 is 0 Å². The Morgan fingerprint density at radius 1 is 1.29 bits per heavy atom. The second-order valence-electron chi connectivity index (χ2n) is 4.57. The van der Waals surface area contributed by atoms with Gasteiger partial charge in [0, 0.05) is 5.92 Å². The maximum absolute atomic E-state index is 11.8. The average molecular weight is 214 g/mol. The van der Waals surface area contributed by atoms with Crippen LogP contribution < -0.4 is 0 Å². The summed E-state index contributed by atoms with van der Waals surface area (Å²) in [4.78, 5) is 11.8. The first-order chi connectivity index (χ1) is 6.65. The molecule has 0 heterocycles. The molecule has 1 rings (SSSR count). The zero-order valence-corrected chi connectivity index (χ0v) is 10.4. The van der Waals surface area contributed by atoms with Crippen LogP contribution in [-0.2, 0) is 4.79 Å². The predicted octanol–water partition coefficient (Wildman–Crippen LogP) is 3.38. The van der Waals surface area contributed by atoms with Gasteiger partial charge in [-0.2, -0.15) is 11.8 Å².